The molecule has 0 spiro atoms. The Morgan fingerprint density at radius 2 is 1.76 bits per heavy atom. The van der Waals surface area contributed by atoms with Crippen LogP contribution in [0.4, 0.5) is 0 Å². The molecule has 0 aromatic heterocycles. The Morgan fingerprint density at radius 3 is 2.44 bits per heavy atom. The maximum Gasteiger partial charge on any atom is 0.261 e. The molecule has 184 valence electrons. The maximum atomic E-state index is 13.4. The second kappa shape index (κ2) is 12.5. The summed E-state index contributed by atoms with van der Waals surface area (Å²) in [4.78, 5) is 28.0. The van der Waals surface area contributed by atoms with Gasteiger partial charge in [-0.15, -0.1) is 0 Å². The van der Waals surface area contributed by atoms with E-state index in [0.29, 0.717) is 15.8 Å². The summed E-state index contributed by atoms with van der Waals surface area (Å²) in [5.74, 6) is 0.494. The number of para-hydroxylation sites is 1. The van der Waals surface area contributed by atoms with E-state index < -0.39 is 6.04 Å². The topological polar surface area (TPSA) is 58.6 Å². The summed E-state index contributed by atoms with van der Waals surface area (Å²) in [6.07, 6.45) is 5.39. The lowest BCUT2D eigenvalue weighted by Gasteiger charge is -2.31. The van der Waals surface area contributed by atoms with Gasteiger partial charge in [0.1, 0.15) is 11.8 Å². The average molecular weight is 505 g/mol. The minimum atomic E-state index is -0.676. The third-order valence-electron chi connectivity index (χ3n) is 6.37. The van der Waals surface area contributed by atoms with E-state index in [9.17, 15) is 9.59 Å². The summed E-state index contributed by atoms with van der Waals surface area (Å²) in [6.45, 7) is 5.92. The molecule has 2 aromatic rings. The highest BCUT2D eigenvalue weighted by molar-refractivity contribution is 6.35. The van der Waals surface area contributed by atoms with Gasteiger partial charge in [0.2, 0.25) is 5.91 Å². The Labute approximate surface area is 212 Å². The summed E-state index contributed by atoms with van der Waals surface area (Å²) in [5.41, 5.74) is 1.75. The second-order valence-electron chi connectivity index (χ2n) is 9.26. The molecule has 1 atom stereocenters. The number of halogens is 2. The predicted octanol–water partition coefficient (Wildman–Crippen LogP) is 6.36. The lowest BCUT2D eigenvalue weighted by Crippen LogP contribution is -2.51. The number of amides is 2. The first kappa shape index (κ1) is 26.4. The van der Waals surface area contributed by atoms with Crippen LogP contribution in [0.15, 0.2) is 42.5 Å². The van der Waals surface area contributed by atoms with Crippen LogP contribution in [0.3, 0.4) is 0 Å². The molecule has 1 N–H and O–H groups in total. The van der Waals surface area contributed by atoms with Gasteiger partial charge in [-0.2, -0.15) is 0 Å². The smallest absolute Gasteiger partial charge is 0.261 e. The lowest BCUT2D eigenvalue weighted by molar-refractivity contribution is -0.142. The van der Waals surface area contributed by atoms with Crippen molar-refractivity contribution in [1.29, 1.82) is 0 Å². The maximum absolute atomic E-state index is 13.4. The molecule has 1 aliphatic rings. The van der Waals surface area contributed by atoms with E-state index in [1.807, 2.05) is 24.3 Å². The van der Waals surface area contributed by atoms with Crippen molar-refractivity contribution in [3.63, 3.8) is 0 Å². The summed E-state index contributed by atoms with van der Waals surface area (Å²) < 4.78 is 5.93. The van der Waals surface area contributed by atoms with E-state index in [4.69, 9.17) is 27.9 Å². The normalized spacial score (nSPS) is 15.1. The van der Waals surface area contributed by atoms with Crippen molar-refractivity contribution in [1.82, 2.24) is 10.2 Å². The van der Waals surface area contributed by atoms with Crippen LogP contribution in [-0.2, 0) is 16.1 Å². The molecule has 0 heterocycles. The first-order chi connectivity index (χ1) is 16.3. The number of rotatable bonds is 9. The first-order valence-electron chi connectivity index (χ1n) is 12.0. The Hall–Kier alpha value is -2.24. The van der Waals surface area contributed by atoms with Gasteiger partial charge < -0.3 is 15.0 Å². The molecular weight excluding hydrogens is 471 g/mol. The number of hydrogen-bond donors (Lipinski definition) is 1. The van der Waals surface area contributed by atoms with E-state index in [-0.39, 0.29) is 36.9 Å². The Balaban J connectivity index is 1.77. The Bertz CT molecular complexity index is 990. The number of carbonyl (C=O) groups excluding carboxylic acids is 2. The molecule has 2 aromatic carbocycles. The third kappa shape index (κ3) is 7.13. The molecule has 1 unspecified atom stereocenters. The van der Waals surface area contributed by atoms with Crippen LogP contribution in [0.1, 0.15) is 69.9 Å². The van der Waals surface area contributed by atoms with Gasteiger partial charge in [0.05, 0.1) is 0 Å². The standard InChI is InChI=1S/C27H34Cl2N2O3/c1-18(2)23-11-7-8-12-25(23)34-17-26(32)31(16-20-13-14-21(28)15-24(20)29)19(3)27(33)30-22-9-5-4-6-10-22/h7-8,11-15,18-19,22H,4-6,9-10,16-17H2,1-3H3,(H,30,33). The highest BCUT2D eigenvalue weighted by Gasteiger charge is 2.29. The largest absolute Gasteiger partial charge is 0.483 e. The van der Waals surface area contributed by atoms with Crippen LogP contribution in [0.25, 0.3) is 0 Å². The van der Waals surface area contributed by atoms with E-state index in [2.05, 4.69) is 19.2 Å². The number of hydrogen-bond acceptors (Lipinski definition) is 3. The molecule has 0 saturated heterocycles. The number of ether oxygens (including phenoxy) is 1. The molecule has 0 radical (unpaired) electrons. The van der Waals surface area contributed by atoms with Gasteiger partial charge in [-0.05, 0) is 55.0 Å². The predicted molar refractivity (Wildman–Crippen MR) is 138 cm³/mol. The van der Waals surface area contributed by atoms with E-state index in [0.717, 1.165) is 36.8 Å². The van der Waals surface area contributed by atoms with Crippen molar-refractivity contribution in [2.45, 2.75) is 77.4 Å². The van der Waals surface area contributed by atoms with Crippen molar-refractivity contribution in [2.24, 2.45) is 0 Å². The zero-order valence-corrected chi connectivity index (χ0v) is 21.7. The number of carbonyl (C=O) groups is 2. The summed E-state index contributed by atoms with van der Waals surface area (Å²) >= 11 is 12.4. The lowest BCUT2D eigenvalue weighted by atomic mass is 9.95. The molecule has 34 heavy (non-hydrogen) atoms. The van der Waals surface area contributed by atoms with Gasteiger partial charge in [-0.3, -0.25) is 9.59 Å². The summed E-state index contributed by atoms with van der Waals surface area (Å²) in [6, 6.07) is 12.3. The summed E-state index contributed by atoms with van der Waals surface area (Å²) in [5, 5.41) is 4.11. The quantitative estimate of drug-likeness (QED) is 0.431. The van der Waals surface area contributed by atoms with Crippen molar-refractivity contribution >= 4 is 35.0 Å². The van der Waals surface area contributed by atoms with E-state index in [1.54, 1.807) is 25.1 Å². The van der Waals surface area contributed by atoms with Crippen molar-refractivity contribution in [3.05, 3.63) is 63.6 Å². The van der Waals surface area contributed by atoms with Crippen LogP contribution < -0.4 is 10.1 Å². The van der Waals surface area contributed by atoms with Crippen molar-refractivity contribution in [2.75, 3.05) is 6.61 Å². The van der Waals surface area contributed by atoms with Gasteiger partial charge in [-0.1, -0.05) is 80.6 Å². The first-order valence-corrected chi connectivity index (χ1v) is 12.8. The Morgan fingerprint density at radius 1 is 1.06 bits per heavy atom. The van der Waals surface area contributed by atoms with Crippen LogP contribution >= 0.6 is 23.2 Å². The minimum absolute atomic E-state index is 0.159. The Kier molecular flexibility index (Phi) is 9.66. The highest BCUT2D eigenvalue weighted by Crippen LogP contribution is 2.27. The third-order valence-corrected chi connectivity index (χ3v) is 6.95. The monoisotopic (exact) mass is 504 g/mol. The average Bonchev–Trinajstić information content (AvgIpc) is 2.82. The van der Waals surface area contributed by atoms with Crippen molar-refractivity contribution < 1.29 is 14.3 Å². The van der Waals surface area contributed by atoms with Crippen LogP contribution in [0, 0.1) is 0 Å². The fourth-order valence-electron chi connectivity index (χ4n) is 4.30. The second-order valence-corrected chi connectivity index (χ2v) is 10.1. The van der Waals surface area contributed by atoms with Gasteiger partial charge in [0.25, 0.3) is 5.91 Å². The molecule has 7 heteroatoms. The fourth-order valence-corrected chi connectivity index (χ4v) is 4.76. The van der Waals surface area contributed by atoms with Gasteiger partial charge >= 0.3 is 0 Å². The van der Waals surface area contributed by atoms with Crippen LogP contribution in [-0.4, -0.2) is 35.4 Å². The molecule has 3 rings (SSSR count). The molecule has 2 amide bonds. The molecule has 5 nitrogen and oxygen atoms in total. The SMILES string of the molecule is CC(C)c1ccccc1OCC(=O)N(Cc1ccc(Cl)cc1Cl)C(C)C(=O)NC1CCCCC1. The molecule has 1 fully saturated rings. The van der Waals surface area contributed by atoms with Crippen LogP contribution in [0.2, 0.25) is 10.0 Å². The molecule has 1 aliphatic carbocycles. The molecule has 0 aliphatic heterocycles. The number of benzene rings is 2. The highest BCUT2D eigenvalue weighted by atomic mass is 35.5. The van der Waals surface area contributed by atoms with Crippen molar-refractivity contribution in [3.8, 4) is 5.75 Å². The summed E-state index contributed by atoms with van der Waals surface area (Å²) in [7, 11) is 0. The van der Waals surface area contributed by atoms with Gasteiger partial charge in [0.15, 0.2) is 6.61 Å². The minimum Gasteiger partial charge on any atom is -0.483 e. The van der Waals surface area contributed by atoms with E-state index >= 15 is 0 Å². The molecule has 0 bridgehead atoms. The zero-order valence-electron chi connectivity index (χ0n) is 20.2. The fraction of sp³-hybridized carbons (Fsp3) is 0.481. The van der Waals surface area contributed by atoms with Gasteiger partial charge in [0, 0.05) is 22.6 Å². The molecular formula is C27H34Cl2N2O3. The molecule has 1 saturated carbocycles. The zero-order chi connectivity index (χ0) is 24.7. The number of nitrogens with one attached hydrogen (secondary N) is 1. The van der Waals surface area contributed by atoms with E-state index in [1.165, 1.54) is 11.3 Å². The van der Waals surface area contributed by atoms with Crippen LogP contribution in [0.5, 0.6) is 5.75 Å². The van der Waals surface area contributed by atoms with Gasteiger partial charge in [-0.25, -0.2) is 0 Å². The number of nitrogens with zero attached hydrogens (tertiary/aromatic N) is 1.